The molecule has 0 fully saturated rings. The zero-order chi connectivity index (χ0) is 16.6. The molecule has 0 atom stereocenters. The van der Waals surface area contributed by atoms with E-state index in [0.717, 1.165) is 11.3 Å². The molecule has 2 aromatic heterocycles. The monoisotopic (exact) mass is 310 g/mol. The largest absolute Gasteiger partial charge is 0.508 e. The van der Waals surface area contributed by atoms with Crippen LogP contribution in [0.5, 0.6) is 5.75 Å². The molecule has 2 heterocycles. The Bertz CT molecular complexity index is 995. The van der Waals surface area contributed by atoms with E-state index in [-0.39, 0.29) is 16.9 Å². The zero-order valence-electron chi connectivity index (χ0n) is 12.6. The maximum absolute atomic E-state index is 12.2. The van der Waals surface area contributed by atoms with Crippen molar-refractivity contribution in [3.63, 3.8) is 0 Å². The molecule has 0 saturated heterocycles. The zero-order valence-corrected chi connectivity index (χ0v) is 12.6. The number of fused-ring (bicyclic) bond motifs is 1. The lowest BCUT2D eigenvalue weighted by Crippen LogP contribution is -2.11. The van der Waals surface area contributed by atoms with Gasteiger partial charge >= 0.3 is 5.63 Å². The second-order valence-electron chi connectivity index (χ2n) is 5.18. The molecule has 1 aromatic carbocycles. The van der Waals surface area contributed by atoms with Crippen LogP contribution >= 0.6 is 0 Å². The van der Waals surface area contributed by atoms with Crippen LogP contribution in [0.2, 0.25) is 0 Å². The first-order chi connectivity index (χ1) is 11.0. The summed E-state index contributed by atoms with van der Waals surface area (Å²) in [5.74, 6) is -0.455. The second kappa shape index (κ2) is 5.57. The van der Waals surface area contributed by atoms with E-state index in [0.29, 0.717) is 5.39 Å². The van der Waals surface area contributed by atoms with Crippen molar-refractivity contribution in [2.24, 2.45) is 7.05 Å². The highest BCUT2D eigenvalue weighted by Gasteiger charge is 2.12. The van der Waals surface area contributed by atoms with Crippen molar-refractivity contribution in [3.8, 4) is 5.75 Å². The van der Waals surface area contributed by atoms with E-state index in [1.165, 1.54) is 24.3 Å². The van der Waals surface area contributed by atoms with Gasteiger partial charge in [-0.15, -0.1) is 0 Å². The smallest absolute Gasteiger partial charge is 0.347 e. The van der Waals surface area contributed by atoms with E-state index in [2.05, 4.69) is 5.10 Å². The predicted molar refractivity (Wildman–Crippen MR) is 85.5 cm³/mol. The summed E-state index contributed by atoms with van der Waals surface area (Å²) in [6, 6.07) is 5.84. The number of aromatic hydroxyl groups is 1. The molecule has 0 unspecified atom stereocenters. The van der Waals surface area contributed by atoms with Gasteiger partial charge in [0.15, 0.2) is 5.78 Å². The number of ketones is 1. The fourth-order valence-corrected chi connectivity index (χ4v) is 2.21. The minimum absolute atomic E-state index is 0.00771. The van der Waals surface area contributed by atoms with Crippen LogP contribution in [0, 0.1) is 6.92 Å². The lowest BCUT2D eigenvalue weighted by atomic mass is 10.1. The van der Waals surface area contributed by atoms with Crippen LogP contribution < -0.4 is 5.63 Å². The molecule has 6 nitrogen and oxygen atoms in total. The Labute approximate surface area is 131 Å². The topological polar surface area (TPSA) is 85.3 Å². The van der Waals surface area contributed by atoms with E-state index >= 15 is 0 Å². The van der Waals surface area contributed by atoms with Gasteiger partial charge in [0, 0.05) is 29.8 Å². The summed E-state index contributed by atoms with van der Waals surface area (Å²) in [7, 11) is 1.81. The number of rotatable bonds is 3. The van der Waals surface area contributed by atoms with Gasteiger partial charge in [-0.05, 0) is 37.3 Å². The number of aromatic nitrogens is 2. The number of allylic oxidation sites excluding steroid dienone is 1. The van der Waals surface area contributed by atoms with Crippen molar-refractivity contribution in [2.45, 2.75) is 6.92 Å². The van der Waals surface area contributed by atoms with Crippen LogP contribution in [0.3, 0.4) is 0 Å². The SMILES string of the molecule is Cc1c(C=CC(=O)c2cc3ccc(O)cc3oc2=O)cnn1C. The third kappa shape index (κ3) is 2.78. The molecule has 0 spiro atoms. The Morgan fingerprint density at radius 2 is 2.13 bits per heavy atom. The van der Waals surface area contributed by atoms with Gasteiger partial charge in [-0.1, -0.05) is 0 Å². The Kier molecular flexibility index (Phi) is 3.57. The van der Waals surface area contributed by atoms with Gasteiger partial charge in [-0.25, -0.2) is 4.79 Å². The van der Waals surface area contributed by atoms with Crippen LogP contribution in [-0.4, -0.2) is 20.7 Å². The molecule has 0 bridgehead atoms. The van der Waals surface area contributed by atoms with Crippen molar-refractivity contribution in [3.05, 3.63) is 63.8 Å². The summed E-state index contributed by atoms with van der Waals surface area (Å²) in [5.41, 5.74) is 1.16. The Balaban J connectivity index is 1.97. The first kappa shape index (κ1) is 14.8. The lowest BCUT2D eigenvalue weighted by Gasteiger charge is -2.00. The van der Waals surface area contributed by atoms with Gasteiger partial charge < -0.3 is 9.52 Å². The van der Waals surface area contributed by atoms with E-state index in [1.807, 2.05) is 14.0 Å². The van der Waals surface area contributed by atoms with Crippen molar-refractivity contribution in [2.75, 3.05) is 0 Å². The fourth-order valence-electron chi connectivity index (χ4n) is 2.21. The van der Waals surface area contributed by atoms with Crippen LogP contribution in [0.25, 0.3) is 17.0 Å². The molecule has 0 amide bonds. The average Bonchev–Trinajstić information content (AvgIpc) is 2.83. The van der Waals surface area contributed by atoms with Crippen LogP contribution in [0.1, 0.15) is 21.6 Å². The molecule has 3 aromatic rings. The third-order valence-electron chi connectivity index (χ3n) is 3.67. The molecule has 0 aliphatic carbocycles. The molecule has 3 rings (SSSR count). The van der Waals surface area contributed by atoms with Crippen LogP contribution in [0.15, 0.2) is 45.8 Å². The highest BCUT2D eigenvalue weighted by molar-refractivity contribution is 6.07. The normalized spacial score (nSPS) is 11.4. The number of carbonyl (C=O) groups is 1. The molecule has 0 aliphatic heterocycles. The minimum atomic E-state index is -0.736. The van der Waals surface area contributed by atoms with Crippen molar-refractivity contribution in [1.29, 1.82) is 0 Å². The maximum atomic E-state index is 12.2. The summed E-state index contributed by atoms with van der Waals surface area (Å²) in [6.07, 6.45) is 4.58. The molecule has 0 aliphatic rings. The number of benzene rings is 1. The lowest BCUT2D eigenvalue weighted by molar-refractivity contribution is 0.104. The number of hydrogen-bond donors (Lipinski definition) is 1. The number of aryl methyl sites for hydroxylation is 1. The molecule has 0 radical (unpaired) electrons. The predicted octanol–water partition coefficient (Wildman–Crippen LogP) is 2.44. The standard InChI is InChI=1S/C17H14N2O4/c1-10-12(9-18-19(10)2)4-6-15(21)14-7-11-3-5-13(20)8-16(11)23-17(14)22/h3-9,20H,1-2H3. The highest BCUT2D eigenvalue weighted by Crippen LogP contribution is 2.19. The molecule has 23 heavy (non-hydrogen) atoms. The van der Waals surface area contributed by atoms with Gasteiger partial charge in [0.25, 0.3) is 0 Å². The first-order valence-electron chi connectivity index (χ1n) is 6.93. The Hall–Kier alpha value is -3.15. The summed E-state index contributed by atoms with van der Waals surface area (Å²) < 4.78 is 6.78. The molecule has 6 heteroatoms. The van der Waals surface area contributed by atoms with E-state index < -0.39 is 11.4 Å². The van der Waals surface area contributed by atoms with Crippen molar-refractivity contribution in [1.82, 2.24) is 9.78 Å². The minimum Gasteiger partial charge on any atom is -0.508 e. The molecular formula is C17H14N2O4. The second-order valence-corrected chi connectivity index (χ2v) is 5.18. The third-order valence-corrected chi connectivity index (χ3v) is 3.67. The van der Waals surface area contributed by atoms with Gasteiger partial charge in [-0.2, -0.15) is 5.10 Å². The van der Waals surface area contributed by atoms with E-state index in [4.69, 9.17) is 4.42 Å². The first-order valence-corrected chi connectivity index (χ1v) is 6.93. The van der Waals surface area contributed by atoms with Gasteiger partial charge in [0.2, 0.25) is 0 Å². The molecule has 0 saturated carbocycles. The number of nitrogens with zero attached hydrogens (tertiary/aromatic N) is 2. The Morgan fingerprint density at radius 3 is 2.83 bits per heavy atom. The van der Waals surface area contributed by atoms with Crippen molar-refractivity contribution < 1.29 is 14.3 Å². The summed E-state index contributed by atoms with van der Waals surface area (Å²) >= 11 is 0. The van der Waals surface area contributed by atoms with Gasteiger partial charge in [0.05, 0.1) is 6.20 Å². The van der Waals surface area contributed by atoms with Crippen molar-refractivity contribution >= 4 is 22.8 Å². The van der Waals surface area contributed by atoms with Gasteiger partial charge in [0.1, 0.15) is 16.9 Å². The molecule has 1 N–H and O–H groups in total. The quantitative estimate of drug-likeness (QED) is 0.456. The fraction of sp³-hybridized carbons (Fsp3) is 0.118. The Morgan fingerprint density at radius 1 is 1.35 bits per heavy atom. The number of hydrogen-bond acceptors (Lipinski definition) is 5. The van der Waals surface area contributed by atoms with Crippen LogP contribution in [0.4, 0.5) is 0 Å². The van der Waals surface area contributed by atoms with E-state index in [1.54, 1.807) is 23.0 Å². The van der Waals surface area contributed by atoms with Crippen LogP contribution in [-0.2, 0) is 7.05 Å². The number of phenols is 1. The number of carbonyl (C=O) groups excluding carboxylic acids is 1. The van der Waals surface area contributed by atoms with Gasteiger partial charge in [-0.3, -0.25) is 9.48 Å². The summed E-state index contributed by atoms with van der Waals surface area (Å²) in [4.78, 5) is 24.2. The maximum Gasteiger partial charge on any atom is 0.347 e. The highest BCUT2D eigenvalue weighted by atomic mass is 16.4. The molecule has 116 valence electrons. The van der Waals surface area contributed by atoms with E-state index in [9.17, 15) is 14.7 Å². The summed E-state index contributed by atoms with van der Waals surface area (Å²) in [5, 5.41) is 14.0. The average molecular weight is 310 g/mol. The number of phenolic OH excluding ortho intramolecular Hbond substituents is 1. The summed E-state index contributed by atoms with van der Waals surface area (Å²) in [6.45, 7) is 1.88. The molecular weight excluding hydrogens is 296 g/mol.